The summed E-state index contributed by atoms with van der Waals surface area (Å²) in [6.07, 6.45) is 6.25. The lowest BCUT2D eigenvalue weighted by Crippen LogP contribution is -2.52. The van der Waals surface area contributed by atoms with Gasteiger partial charge in [-0.2, -0.15) is 15.2 Å². The Morgan fingerprint density at radius 2 is 2.03 bits per heavy atom. The molecule has 1 aliphatic heterocycles. The van der Waals surface area contributed by atoms with E-state index < -0.39 is 0 Å². The van der Waals surface area contributed by atoms with Crippen LogP contribution in [0.1, 0.15) is 50.8 Å². The lowest BCUT2D eigenvalue weighted by molar-refractivity contribution is 0.0734. The van der Waals surface area contributed by atoms with Gasteiger partial charge in [0.2, 0.25) is 11.8 Å². The van der Waals surface area contributed by atoms with Crippen LogP contribution >= 0.6 is 11.3 Å². The van der Waals surface area contributed by atoms with E-state index in [0.717, 1.165) is 37.1 Å². The number of thiazole rings is 1. The Labute approximate surface area is 187 Å². The van der Waals surface area contributed by atoms with E-state index >= 15 is 0 Å². The van der Waals surface area contributed by atoms with Gasteiger partial charge >= 0.3 is 0 Å². The van der Waals surface area contributed by atoms with Gasteiger partial charge in [-0.1, -0.05) is 25.2 Å². The van der Waals surface area contributed by atoms with Crippen LogP contribution in [0.5, 0.6) is 5.88 Å². The zero-order valence-corrected chi connectivity index (χ0v) is 19.2. The maximum Gasteiger partial charge on any atom is 0.228 e. The van der Waals surface area contributed by atoms with E-state index in [-0.39, 0.29) is 12.6 Å². The summed E-state index contributed by atoms with van der Waals surface area (Å²) in [7, 11) is 1.58. The quantitative estimate of drug-likeness (QED) is 0.504. The zero-order chi connectivity index (χ0) is 22.2. The van der Waals surface area contributed by atoms with Crippen LogP contribution in [0.2, 0.25) is 0 Å². The van der Waals surface area contributed by atoms with Crippen molar-refractivity contribution in [2.24, 2.45) is 0 Å². The third-order valence-corrected chi connectivity index (χ3v) is 6.56. The number of piperidine rings is 1. The number of nitriles is 1. The minimum Gasteiger partial charge on any atom is -0.481 e. The van der Waals surface area contributed by atoms with Crippen molar-refractivity contribution in [1.29, 1.82) is 5.26 Å². The van der Waals surface area contributed by atoms with Gasteiger partial charge in [-0.25, -0.2) is 4.98 Å². The van der Waals surface area contributed by atoms with Gasteiger partial charge in [-0.15, -0.1) is 0 Å². The predicted molar refractivity (Wildman–Crippen MR) is 122 cm³/mol. The Hall–Kier alpha value is -2.48. The average Bonchev–Trinajstić information content (AvgIpc) is 3.24. The van der Waals surface area contributed by atoms with Crippen LogP contribution in [0.15, 0.2) is 12.3 Å². The lowest BCUT2D eigenvalue weighted by Gasteiger charge is -2.45. The van der Waals surface area contributed by atoms with Crippen molar-refractivity contribution in [2.75, 3.05) is 24.3 Å². The molecule has 0 amide bonds. The molecule has 0 aromatic carbocycles. The second-order valence-corrected chi connectivity index (χ2v) is 8.73. The number of ether oxygens (including phenoxy) is 1. The van der Waals surface area contributed by atoms with Crippen molar-refractivity contribution in [2.45, 2.75) is 70.7 Å². The van der Waals surface area contributed by atoms with Crippen LogP contribution in [0.4, 0.5) is 16.9 Å². The van der Waals surface area contributed by atoms with Gasteiger partial charge in [0.25, 0.3) is 0 Å². The van der Waals surface area contributed by atoms with E-state index in [9.17, 15) is 5.11 Å². The summed E-state index contributed by atoms with van der Waals surface area (Å²) in [4.78, 5) is 16.6. The summed E-state index contributed by atoms with van der Waals surface area (Å²) in [6, 6.07) is 5.11. The van der Waals surface area contributed by atoms with Crippen LogP contribution in [0.3, 0.4) is 0 Å². The molecule has 3 atom stereocenters. The van der Waals surface area contributed by atoms with E-state index in [4.69, 9.17) is 10.00 Å². The van der Waals surface area contributed by atoms with Gasteiger partial charge in [-0.3, -0.25) is 4.90 Å². The summed E-state index contributed by atoms with van der Waals surface area (Å²) in [5.41, 5.74) is 0. The summed E-state index contributed by atoms with van der Waals surface area (Å²) in [5.74, 6) is 1.56. The first kappa shape index (κ1) is 23.2. The topological polar surface area (TPSA) is 119 Å². The van der Waals surface area contributed by atoms with Crippen molar-refractivity contribution in [3.63, 3.8) is 0 Å². The molecular weight excluding hydrogens is 414 g/mol. The molecule has 9 nitrogen and oxygen atoms in total. The lowest BCUT2D eigenvalue weighted by atomic mass is 9.88. The third-order valence-electron chi connectivity index (χ3n) is 5.66. The molecule has 3 heterocycles. The van der Waals surface area contributed by atoms with Crippen molar-refractivity contribution < 1.29 is 9.84 Å². The number of hydrogen-bond acceptors (Lipinski definition) is 10. The minimum atomic E-state index is -0.0382. The second-order valence-electron chi connectivity index (χ2n) is 7.62. The van der Waals surface area contributed by atoms with Crippen molar-refractivity contribution in [3.8, 4) is 11.9 Å². The fraction of sp³-hybridized carbons (Fsp3) is 0.619. The van der Waals surface area contributed by atoms with E-state index in [2.05, 4.69) is 50.4 Å². The number of anilines is 3. The minimum absolute atomic E-state index is 0.0382. The highest BCUT2D eigenvalue weighted by molar-refractivity contribution is 7.15. The van der Waals surface area contributed by atoms with E-state index in [1.807, 2.05) is 0 Å². The molecule has 3 rings (SSSR count). The van der Waals surface area contributed by atoms with Gasteiger partial charge in [0.05, 0.1) is 24.7 Å². The van der Waals surface area contributed by atoms with Gasteiger partial charge in [0.15, 0.2) is 5.13 Å². The number of aliphatic hydroxyl groups excluding tert-OH is 1. The maximum atomic E-state index is 9.24. The third kappa shape index (κ3) is 6.03. The molecule has 2 aromatic heterocycles. The van der Waals surface area contributed by atoms with Crippen LogP contribution in [-0.2, 0) is 6.61 Å². The fourth-order valence-electron chi connectivity index (χ4n) is 4.18. The number of hydrogen-bond donors (Lipinski definition) is 3. The fourth-order valence-corrected chi connectivity index (χ4v) is 4.85. The largest absolute Gasteiger partial charge is 0.481 e. The Morgan fingerprint density at radius 3 is 2.61 bits per heavy atom. The SMILES string of the molecule is CC[C@@H]1C[C@@H](Nc2nc(Nc3ncc(CO)s3)cc(OC)n2)C[C@H](CC)N1CCC#N. The molecule has 10 heteroatoms. The number of methoxy groups -OCH3 is 1. The highest BCUT2D eigenvalue weighted by Gasteiger charge is 2.33. The van der Waals surface area contributed by atoms with Gasteiger partial charge < -0.3 is 20.5 Å². The molecule has 168 valence electrons. The molecule has 31 heavy (non-hydrogen) atoms. The first-order chi connectivity index (χ1) is 15.1. The van der Waals surface area contributed by atoms with E-state index in [1.165, 1.54) is 11.3 Å². The molecule has 1 aliphatic rings. The first-order valence-electron chi connectivity index (χ1n) is 10.7. The monoisotopic (exact) mass is 445 g/mol. The molecule has 2 aromatic rings. The highest BCUT2D eigenvalue weighted by Crippen LogP contribution is 2.30. The summed E-state index contributed by atoms with van der Waals surface area (Å²) in [6.45, 7) is 5.20. The number of likely N-dealkylation sites (tertiary alicyclic amines) is 1. The molecule has 0 saturated carbocycles. The van der Waals surface area contributed by atoms with Gasteiger partial charge in [-0.05, 0) is 25.7 Å². The van der Waals surface area contributed by atoms with Crippen LogP contribution in [-0.4, -0.2) is 56.7 Å². The van der Waals surface area contributed by atoms with E-state index in [0.29, 0.717) is 41.3 Å². The summed E-state index contributed by atoms with van der Waals surface area (Å²) in [5, 5.41) is 25.6. The Balaban J connectivity index is 1.74. The van der Waals surface area contributed by atoms with Crippen molar-refractivity contribution in [3.05, 3.63) is 17.1 Å². The zero-order valence-electron chi connectivity index (χ0n) is 18.3. The van der Waals surface area contributed by atoms with Crippen molar-refractivity contribution >= 4 is 28.2 Å². The second kappa shape index (κ2) is 11.2. The molecule has 0 unspecified atom stereocenters. The number of rotatable bonds is 10. The smallest absolute Gasteiger partial charge is 0.228 e. The van der Waals surface area contributed by atoms with Crippen molar-refractivity contribution in [1.82, 2.24) is 19.9 Å². The van der Waals surface area contributed by atoms with Crippen LogP contribution in [0.25, 0.3) is 0 Å². The average molecular weight is 446 g/mol. The molecule has 0 bridgehead atoms. The first-order valence-corrected chi connectivity index (χ1v) is 11.6. The number of aromatic nitrogens is 3. The Kier molecular flexibility index (Phi) is 8.40. The summed E-state index contributed by atoms with van der Waals surface area (Å²) < 4.78 is 5.37. The predicted octanol–water partition coefficient (Wildman–Crippen LogP) is 3.52. The highest BCUT2D eigenvalue weighted by atomic mass is 32.1. The van der Waals surface area contributed by atoms with Crippen LogP contribution < -0.4 is 15.4 Å². The number of aliphatic hydroxyl groups is 1. The standard InChI is InChI=1S/C21H31N7O2S/c1-4-15-9-14(10-16(5-2)28(15)8-6-7-22)24-20-25-18(11-19(27-20)30-3)26-21-23-12-17(13-29)31-21/h11-12,14-16,29H,4-6,8-10,13H2,1-3H3,(H2,23,24,25,26,27)/t14-,15-,16+. The molecule has 1 fully saturated rings. The molecule has 0 aliphatic carbocycles. The van der Waals surface area contributed by atoms with Gasteiger partial charge in [0.1, 0.15) is 5.82 Å². The van der Waals surface area contributed by atoms with Gasteiger partial charge in [0, 0.05) is 43.4 Å². The summed E-state index contributed by atoms with van der Waals surface area (Å²) >= 11 is 1.37. The number of nitrogens with zero attached hydrogens (tertiary/aromatic N) is 5. The molecule has 0 spiro atoms. The Bertz CT molecular complexity index is 871. The maximum absolute atomic E-state index is 9.24. The Morgan fingerprint density at radius 1 is 1.29 bits per heavy atom. The molecule has 3 N–H and O–H groups in total. The molecule has 1 saturated heterocycles. The number of nitrogens with one attached hydrogen (secondary N) is 2. The molecular formula is C21H31N7O2S. The molecule has 0 radical (unpaired) electrons. The van der Waals surface area contributed by atoms with Crippen LogP contribution in [0, 0.1) is 11.3 Å². The normalized spacial score (nSPS) is 21.5. The van der Waals surface area contributed by atoms with E-state index in [1.54, 1.807) is 19.4 Å².